The van der Waals surface area contributed by atoms with Crippen LogP contribution in [0.4, 0.5) is 17.1 Å². The van der Waals surface area contributed by atoms with Gasteiger partial charge in [-0.1, -0.05) is 188 Å². The van der Waals surface area contributed by atoms with Gasteiger partial charge in [-0.25, -0.2) is 0 Å². The summed E-state index contributed by atoms with van der Waals surface area (Å²) in [7, 11) is 0. The van der Waals surface area contributed by atoms with Crippen molar-refractivity contribution in [1.82, 2.24) is 0 Å². The van der Waals surface area contributed by atoms with Crippen LogP contribution in [0.15, 0.2) is 253 Å². The Balaban J connectivity index is 0.957. The third-order valence-corrected chi connectivity index (χ3v) is 11.9. The van der Waals surface area contributed by atoms with E-state index in [1.807, 2.05) is 18.2 Å². The van der Waals surface area contributed by atoms with Crippen LogP contribution in [0.25, 0.3) is 88.7 Å². The van der Waals surface area contributed by atoms with Crippen molar-refractivity contribution < 1.29 is 4.42 Å². The highest BCUT2D eigenvalue weighted by atomic mass is 16.3. The van der Waals surface area contributed by atoms with E-state index in [0.717, 1.165) is 50.5 Å². The number of hydrogen-bond acceptors (Lipinski definition) is 2. The Morgan fingerprint density at radius 1 is 0.242 bits per heavy atom. The van der Waals surface area contributed by atoms with E-state index in [0.29, 0.717) is 0 Å². The van der Waals surface area contributed by atoms with Gasteiger partial charge in [0, 0.05) is 28.0 Å². The zero-order chi connectivity index (χ0) is 41.2. The Bertz CT molecular complexity index is 3290. The Kier molecular flexibility index (Phi) is 9.57. The van der Waals surface area contributed by atoms with Crippen molar-refractivity contribution in [2.45, 2.75) is 0 Å². The zero-order valence-corrected chi connectivity index (χ0v) is 34.0. The molecule has 1 heterocycles. The number of rotatable bonds is 9. The third-order valence-electron chi connectivity index (χ3n) is 11.9. The predicted molar refractivity (Wildman–Crippen MR) is 261 cm³/mol. The Labute approximate surface area is 362 Å². The molecule has 11 aromatic rings. The molecule has 2 nitrogen and oxygen atoms in total. The van der Waals surface area contributed by atoms with Gasteiger partial charge in [0.15, 0.2) is 0 Å². The van der Waals surface area contributed by atoms with E-state index >= 15 is 0 Å². The molecule has 0 atom stereocenters. The Morgan fingerprint density at radius 2 is 0.677 bits per heavy atom. The first-order valence-electron chi connectivity index (χ1n) is 21.2. The average molecular weight is 792 g/mol. The topological polar surface area (TPSA) is 16.4 Å². The van der Waals surface area contributed by atoms with E-state index in [1.54, 1.807) is 0 Å². The summed E-state index contributed by atoms with van der Waals surface area (Å²) in [5.74, 6) is 0.870. The highest BCUT2D eigenvalue weighted by Crippen LogP contribution is 2.41. The van der Waals surface area contributed by atoms with Crippen molar-refractivity contribution >= 4 is 38.8 Å². The molecule has 0 saturated carbocycles. The molecule has 0 fully saturated rings. The van der Waals surface area contributed by atoms with Crippen molar-refractivity contribution in [2.24, 2.45) is 0 Å². The second-order valence-electron chi connectivity index (χ2n) is 15.7. The molecule has 0 spiro atoms. The summed E-state index contributed by atoms with van der Waals surface area (Å²) < 4.78 is 6.23. The summed E-state index contributed by atoms with van der Waals surface area (Å²) in [6, 6.07) is 89.1. The van der Waals surface area contributed by atoms with Crippen molar-refractivity contribution in [2.75, 3.05) is 4.90 Å². The van der Waals surface area contributed by atoms with E-state index in [4.69, 9.17) is 4.42 Å². The summed E-state index contributed by atoms with van der Waals surface area (Å²) in [6.45, 7) is 0. The summed E-state index contributed by atoms with van der Waals surface area (Å²) in [5, 5.41) is 3.59. The predicted octanol–water partition coefficient (Wildman–Crippen LogP) is 17.1. The number of para-hydroxylation sites is 1. The molecule has 0 saturated heterocycles. The van der Waals surface area contributed by atoms with Gasteiger partial charge < -0.3 is 9.32 Å². The van der Waals surface area contributed by atoms with Crippen LogP contribution in [-0.2, 0) is 0 Å². The molecule has 292 valence electrons. The van der Waals surface area contributed by atoms with Gasteiger partial charge in [-0.3, -0.25) is 0 Å². The number of nitrogens with zero attached hydrogens (tertiary/aromatic N) is 1. The highest BCUT2D eigenvalue weighted by molar-refractivity contribution is 5.93. The van der Waals surface area contributed by atoms with E-state index in [9.17, 15) is 0 Å². The summed E-state index contributed by atoms with van der Waals surface area (Å²) in [4.78, 5) is 2.35. The standard InChI is InChI=1S/C60H41NO/c1-2-14-45(15-3-1)55-20-7-9-22-57(55)58-23-10-8-21-56(58)46-31-37-54(38-32-46)61(53-35-29-44(30-36-53)49-26-25-42-13-4-5-16-47(42)39-49)52-33-27-43(28-34-52)48-18-12-19-50(40-48)60-41-51-17-6-11-24-59(51)62-60/h1-41H. The summed E-state index contributed by atoms with van der Waals surface area (Å²) in [6.07, 6.45) is 0. The molecule has 0 N–H and O–H groups in total. The maximum Gasteiger partial charge on any atom is 0.135 e. The van der Waals surface area contributed by atoms with Crippen LogP contribution in [0.5, 0.6) is 0 Å². The lowest BCUT2D eigenvalue weighted by molar-refractivity contribution is 0.631. The van der Waals surface area contributed by atoms with Crippen LogP contribution in [0.3, 0.4) is 0 Å². The van der Waals surface area contributed by atoms with Gasteiger partial charge in [0.25, 0.3) is 0 Å². The molecule has 2 heteroatoms. The molecule has 0 aliphatic heterocycles. The van der Waals surface area contributed by atoms with Gasteiger partial charge in [-0.15, -0.1) is 0 Å². The lowest BCUT2D eigenvalue weighted by Crippen LogP contribution is -2.09. The van der Waals surface area contributed by atoms with Crippen LogP contribution >= 0.6 is 0 Å². The minimum Gasteiger partial charge on any atom is -0.456 e. The van der Waals surface area contributed by atoms with Crippen molar-refractivity contribution in [1.29, 1.82) is 0 Å². The lowest BCUT2D eigenvalue weighted by Gasteiger charge is -2.26. The summed E-state index contributed by atoms with van der Waals surface area (Å²) >= 11 is 0. The number of fused-ring (bicyclic) bond motifs is 2. The number of anilines is 3. The van der Waals surface area contributed by atoms with Gasteiger partial charge >= 0.3 is 0 Å². The number of furan rings is 1. The van der Waals surface area contributed by atoms with E-state index in [-0.39, 0.29) is 0 Å². The third kappa shape index (κ3) is 7.14. The first-order chi connectivity index (χ1) is 30.7. The lowest BCUT2D eigenvalue weighted by atomic mass is 9.89. The SMILES string of the molecule is c1ccc(-c2ccccc2-c2ccccc2-c2ccc(N(c3ccc(-c4cccc(-c5cc6ccccc6o5)c4)cc3)c3ccc(-c4ccc5ccccc5c4)cc3)cc2)cc1. The molecule has 0 aliphatic rings. The van der Waals surface area contributed by atoms with Crippen LogP contribution in [-0.4, -0.2) is 0 Å². The molecule has 0 unspecified atom stereocenters. The molecule has 0 aliphatic carbocycles. The molecule has 62 heavy (non-hydrogen) atoms. The molecule has 11 rings (SSSR count). The Hall–Kier alpha value is -8.20. The molecular weight excluding hydrogens is 751 g/mol. The molecule has 10 aromatic carbocycles. The van der Waals surface area contributed by atoms with Gasteiger partial charge in [-0.05, 0) is 127 Å². The zero-order valence-electron chi connectivity index (χ0n) is 34.0. The molecule has 0 radical (unpaired) electrons. The van der Waals surface area contributed by atoms with Crippen molar-refractivity contribution in [3.8, 4) is 67.0 Å². The Morgan fingerprint density at radius 3 is 1.29 bits per heavy atom. The van der Waals surface area contributed by atoms with Crippen LogP contribution in [0, 0.1) is 0 Å². The molecule has 0 amide bonds. The number of hydrogen-bond donors (Lipinski definition) is 0. The molecular formula is C60H41NO. The quantitative estimate of drug-likeness (QED) is 0.145. The van der Waals surface area contributed by atoms with E-state index in [2.05, 4.69) is 235 Å². The fourth-order valence-electron chi connectivity index (χ4n) is 8.75. The molecule has 0 bridgehead atoms. The minimum absolute atomic E-state index is 0.870. The average Bonchev–Trinajstić information content (AvgIpc) is 3.80. The highest BCUT2D eigenvalue weighted by Gasteiger charge is 2.17. The van der Waals surface area contributed by atoms with Gasteiger partial charge in [0.05, 0.1) is 0 Å². The van der Waals surface area contributed by atoms with Gasteiger partial charge in [-0.2, -0.15) is 0 Å². The first kappa shape index (κ1) is 36.8. The number of benzene rings is 10. The van der Waals surface area contributed by atoms with Crippen LogP contribution < -0.4 is 4.90 Å². The fraction of sp³-hybridized carbons (Fsp3) is 0. The van der Waals surface area contributed by atoms with Crippen LogP contribution in [0.1, 0.15) is 0 Å². The largest absolute Gasteiger partial charge is 0.456 e. The minimum atomic E-state index is 0.870. The smallest absolute Gasteiger partial charge is 0.135 e. The van der Waals surface area contributed by atoms with Gasteiger partial charge in [0.1, 0.15) is 11.3 Å². The van der Waals surface area contributed by atoms with E-state index in [1.165, 1.54) is 55.3 Å². The first-order valence-corrected chi connectivity index (χ1v) is 21.2. The van der Waals surface area contributed by atoms with E-state index < -0.39 is 0 Å². The van der Waals surface area contributed by atoms with Crippen molar-refractivity contribution in [3.63, 3.8) is 0 Å². The fourth-order valence-corrected chi connectivity index (χ4v) is 8.75. The van der Waals surface area contributed by atoms with Crippen molar-refractivity contribution in [3.05, 3.63) is 249 Å². The second-order valence-corrected chi connectivity index (χ2v) is 15.7. The normalized spacial score (nSPS) is 11.2. The maximum atomic E-state index is 6.23. The molecule has 1 aromatic heterocycles. The van der Waals surface area contributed by atoms with Crippen LogP contribution in [0.2, 0.25) is 0 Å². The summed E-state index contributed by atoms with van der Waals surface area (Å²) in [5.41, 5.74) is 17.1. The van der Waals surface area contributed by atoms with Gasteiger partial charge in [0.2, 0.25) is 0 Å². The monoisotopic (exact) mass is 791 g/mol. The second kappa shape index (κ2) is 16.1. The maximum absolute atomic E-state index is 6.23.